The molecule has 1 aliphatic rings. The Balaban J connectivity index is 1.60. The van der Waals surface area contributed by atoms with E-state index in [1.165, 1.54) is 6.42 Å². The maximum atomic E-state index is 13.1. The number of pyridine rings is 2. The molecule has 0 unspecified atom stereocenters. The van der Waals surface area contributed by atoms with Crippen LogP contribution in [0.1, 0.15) is 48.8 Å². The fourth-order valence-electron chi connectivity index (χ4n) is 4.12. The highest BCUT2D eigenvalue weighted by Crippen LogP contribution is 2.19. The lowest BCUT2D eigenvalue weighted by Crippen LogP contribution is -2.45. The summed E-state index contributed by atoms with van der Waals surface area (Å²) >= 11 is 0. The Labute approximate surface area is 176 Å². The number of hydrogen-bond acceptors (Lipinski definition) is 3. The van der Waals surface area contributed by atoms with E-state index < -0.39 is 0 Å². The number of benzene rings is 1. The van der Waals surface area contributed by atoms with Crippen molar-refractivity contribution in [2.75, 3.05) is 0 Å². The number of urea groups is 1. The molecular weight excluding hydrogens is 376 g/mol. The zero-order valence-corrected chi connectivity index (χ0v) is 17.4. The number of amides is 2. The van der Waals surface area contributed by atoms with Crippen LogP contribution < -0.4 is 10.9 Å². The van der Waals surface area contributed by atoms with E-state index >= 15 is 0 Å². The molecule has 0 saturated heterocycles. The molecule has 2 amide bonds. The summed E-state index contributed by atoms with van der Waals surface area (Å²) in [5, 5.41) is 4.15. The van der Waals surface area contributed by atoms with E-state index in [0.29, 0.717) is 12.1 Å². The highest BCUT2D eigenvalue weighted by atomic mass is 16.2. The van der Waals surface area contributed by atoms with Crippen molar-refractivity contribution in [3.8, 4) is 0 Å². The minimum absolute atomic E-state index is 0.130. The molecule has 0 spiro atoms. The molecule has 2 N–H and O–H groups in total. The summed E-state index contributed by atoms with van der Waals surface area (Å²) in [6, 6.07) is 11.7. The number of H-pyrrole nitrogens is 1. The maximum absolute atomic E-state index is 13.1. The fraction of sp³-hybridized carbons (Fsp3) is 0.375. The first-order valence-corrected chi connectivity index (χ1v) is 10.7. The van der Waals surface area contributed by atoms with Gasteiger partial charge in [0.05, 0.1) is 6.54 Å². The number of nitrogens with one attached hydrogen (secondary N) is 2. The van der Waals surface area contributed by atoms with Crippen molar-refractivity contribution in [2.24, 2.45) is 0 Å². The van der Waals surface area contributed by atoms with Crippen LogP contribution in [0.2, 0.25) is 0 Å². The molecule has 0 bridgehead atoms. The van der Waals surface area contributed by atoms with Crippen molar-refractivity contribution >= 4 is 16.9 Å². The molecule has 1 aliphatic carbocycles. The average molecular weight is 405 g/mol. The van der Waals surface area contributed by atoms with Gasteiger partial charge in [0.1, 0.15) is 0 Å². The van der Waals surface area contributed by atoms with Gasteiger partial charge < -0.3 is 15.2 Å². The van der Waals surface area contributed by atoms with E-state index in [2.05, 4.69) is 15.3 Å². The predicted molar refractivity (Wildman–Crippen MR) is 118 cm³/mol. The number of aromatic amines is 1. The molecule has 2 heterocycles. The molecule has 1 saturated carbocycles. The second-order valence-corrected chi connectivity index (χ2v) is 8.22. The molecule has 156 valence electrons. The minimum Gasteiger partial charge on any atom is -0.335 e. The summed E-state index contributed by atoms with van der Waals surface area (Å²) in [7, 11) is 0. The quantitative estimate of drug-likeness (QED) is 0.666. The van der Waals surface area contributed by atoms with E-state index in [4.69, 9.17) is 0 Å². The third-order valence-electron chi connectivity index (χ3n) is 5.75. The Kier molecular flexibility index (Phi) is 6.12. The first-order valence-electron chi connectivity index (χ1n) is 10.7. The van der Waals surface area contributed by atoms with Crippen LogP contribution in [0.3, 0.4) is 0 Å². The van der Waals surface area contributed by atoms with Gasteiger partial charge >= 0.3 is 6.03 Å². The number of fused-ring (bicyclic) bond motifs is 1. The van der Waals surface area contributed by atoms with Crippen molar-refractivity contribution in [2.45, 2.75) is 58.2 Å². The van der Waals surface area contributed by atoms with E-state index in [-0.39, 0.29) is 24.2 Å². The lowest BCUT2D eigenvalue weighted by molar-refractivity contribution is 0.184. The van der Waals surface area contributed by atoms with Crippen molar-refractivity contribution < 1.29 is 4.79 Å². The lowest BCUT2D eigenvalue weighted by Gasteiger charge is -2.28. The Morgan fingerprint density at radius 2 is 2.00 bits per heavy atom. The van der Waals surface area contributed by atoms with Crippen LogP contribution in [-0.2, 0) is 13.1 Å². The molecule has 1 fully saturated rings. The van der Waals surface area contributed by atoms with Gasteiger partial charge in [0, 0.05) is 36.1 Å². The van der Waals surface area contributed by atoms with Crippen LogP contribution in [0.25, 0.3) is 10.9 Å². The Morgan fingerprint density at radius 3 is 2.77 bits per heavy atom. The van der Waals surface area contributed by atoms with Gasteiger partial charge in [-0.1, -0.05) is 37.0 Å². The van der Waals surface area contributed by atoms with Crippen molar-refractivity contribution in [1.82, 2.24) is 20.2 Å². The standard InChI is InChI=1S/C24H28N4O2/c1-17-9-10-22-19(12-17)13-20(23(29)27-22)16-28(15-18-6-5-11-25-14-18)24(30)26-21-7-3-2-4-8-21/h5-6,9-14,21H,2-4,7-8,15-16H2,1H3,(H,26,30)(H,27,29). The van der Waals surface area contributed by atoms with Gasteiger partial charge in [-0.3, -0.25) is 9.78 Å². The highest BCUT2D eigenvalue weighted by molar-refractivity contribution is 5.80. The molecule has 4 rings (SSSR count). The molecular formula is C24H28N4O2. The van der Waals surface area contributed by atoms with Crippen LogP contribution in [-0.4, -0.2) is 26.9 Å². The van der Waals surface area contributed by atoms with Crippen molar-refractivity contribution in [1.29, 1.82) is 0 Å². The van der Waals surface area contributed by atoms with Crippen LogP contribution in [0, 0.1) is 6.92 Å². The van der Waals surface area contributed by atoms with Crippen LogP contribution >= 0.6 is 0 Å². The van der Waals surface area contributed by atoms with Gasteiger partial charge in [-0.25, -0.2) is 4.79 Å². The van der Waals surface area contributed by atoms with Gasteiger partial charge in [-0.2, -0.15) is 0 Å². The molecule has 6 nitrogen and oxygen atoms in total. The smallest absolute Gasteiger partial charge is 0.318 e. The Morgan fingerprint density at radius 1 is 1.17 bits per heavy atom. The minimum atomic E-state index is -0.159. The number of aromatic nitrogens is 2. The Hall–Kier alpha value is -3.15. The largest absolute Gasteiger partial charge is 0.335 e. The normalized spacial score (nSPS) is 14.6. The highest BCUT2D eigenvalue weighted by Gasteiger charge is 2.21. The molecule has 0 atom stereocenters. The van der Waals surface area contributed by atoms with Gasteiger partial charge in [-0.05, 0) is 55.0 Å². The monoisotopic (exact) mass is 404 g/mol. The van der Waals surface area contributed by atoms with Gasteiger partial charge in [-0.15, -0.1) is 0 Å². The Bertz CT molecular complexity index is 1070. The lowest BCUT2D eigenvalue weighted by atomic mass is 9.96. The summed E-state index contributed by atoms with van der Waals surface area (Å²) in [6.07, 6.45) is 9.04. The SMILES string of the molecule is Cc1ccc2[nH]c(=O)c(CN(Cc3cccnc3)C(=O)NC3CCCCC3)cc2c1. The van der Waals surface area contributed by atoms with Crippen LogP contribution in [0.4, 0.5) is 4.79 Å². The molecule has 0 radical (unpaired) electrons. The van der Waals surface area contributed by atoms with E-state index in [0.717, 1.165) is 47.7 Å². The van der Waals surface area contributed by atoms with Gasteiger partial charge in [0.15, 0.2) is 0 Å². The van der Waals surface area contributed by atoms with Crippen LogP contribution in [0.5, 0.6) is 0 Å². The zero-order chi connectivity index (χ0) is 20.9. The molecule has 2 aromatic heterocycles. The summed E-state index contributed by atoms with van der Waals surface area (Å²) in [5.41, 5.74) is 3.29. The van der Waals surface area contributed by atoms with Crippen molar-refractivity contribution in [3.05, 3.63) is 75.8 Å². The number of carbonyl (C=O) groups is 1. The molecule has 1 aromatic carbocycles. The van der Waals surface area contributed by atoms with Crippen LogP contribution in [0.15, 0.2) is 53.6 Å². The van der Waals surface area contributed by atoms with Crippen molar-refractivity contribution in [3.63, 3.8) is 0 Å². The first kappa shape index (κ1) is 20.1. The number of rotatable bonds is 5. The third-order valence-corrected chi connectivity index (χ3v) is 5.75. The number of carbonyl (C=O) groups excluding carboxylic acids is 1. The van der Waals surface area contributed by atoms with E-state index in [1.807, 2.05) is 43.3 Å². The first-order chi connectivity index (χ1) is 14.6. The third kappa shape index (κ3) is 4.87. The summed E-state index contributed by atoms with van der Waals surface area (Å²) < 4.78 is 0. The molecule has 30 heavy (non-hydrogen) atoms. The fourth-order valence-corrected chi connectivity index (χ4v) is 4.12. The molecule has 0 aliphatic heterocycles. The average Bonchev–Trinajstić information content (AvgIpc) is 2.75. The number of nitrogens with zero attached hydrogens (tertiary/aromatic N) is 2. The predicted octanol–water partition coefficient (Wildman–Crippen LogP) is 4.28. The van der Waals surface area contributed by atoms with Gasteiger partial charge in [0.2, 0.25) is 0 Å². The van der Waals surface area contributed by atoms with Gasteiger partial charge in [0.25, 0.3) is 5.56 Å². The van der Waals surface area contributed by atoms with E-state index in [1.54, 1.807) is 17.3 Å². The summed E-state index contributed by atoms with van der Waals surface area (Å²) in [5.74, 6) is 0. The zero-order valence-electron chi connectivity index (χ0n) is 17.4. The molecule has 6 heteroatoms. The molecule has 3 aromatic rings. The summed E-state index contributed by atoms with van der Waals surface area (Å²) in [4.78, 5) is 34.6. The van der Waals surface area contributed by atoms with E-state index in [9.17, 15) is 9.59 Å². The second kappa shape index (κ2) is 9.11. The summed E-state index contributed by atoms with van der Waals surface area (Å²) in [6.45, 7) is 2.67. The number of hydrogen-bond donors (Lipinski definition) is 2. The number of aryl methyl sites for hydroxylation is 1. The second-order valence-electron chi connectivity index (χ2n) is 8.22. The topological polar surface area (TPSA) is 78.1 Å². The maximum Gasteiger partial charge on any atom is 0.318 e.